The summed E-state index contributed by atoms with van der Waals surface area (Å²) < 4.78 is 23.2. The molecule has 2 aliphatic rings. The van der Waals surface area contributed by atoms with Gasteiger partial charge in [0, 0.05) is 32.6 Å². The Morgan fingerprint density at radius 1 is 1.24 bits per heavy atom. The summed E-state index contributed by atoms with van der Waals surface area (Å²) in [5.41, 5.74) is 3.00. The average molecular weight is 541 g/mol. The van der Waals surface area contributed by atoms with Gasteiger partial charge in [-0.2, -0.15) is 5.10 Å². The largest absolute Gasteiger partial charge is 0.481 e. The van der Waals surface area contributed by atoms with Crippen molar-refractivity contribution in [2.45, 2.75) is 38.1 Å². The number of carbonyl (C=O) groups excluding carboxylic acids is 1. The Labute approximate surface area is 222 Å². The number of imidazole rings is 1. The molecule has 0 saturated heterocycles. The zero-order chi connectivity index (χ0) is 25.8. The number of hydrogen-bond acceptors (Lipinski definition) is 7. The van der Waals surface area contributed by atoms with E-state index in [4.69, 9.17) is 21.3 Å². The quantitative estimate of drug-likeness (QED) is 0.328. The summed E-state index contributed by atoms with van der Waals surface area (Å²) >= 11 is 7.77. The SMILES string of the molecule is Cc1nn2c3c(nc2s1)CCN(C(=O)COc1ccc(N(C)C)nc1Cl)C3c1ccc(C2CC2)cc1F. The van der Waals surface area contributed by atoms with Crippen molar-refractivity contribution >= 4 is 39.6 Å². The predicted octanol–water partition coefficient (Wildman–Crippen LogP) is 4.78. The summed E-state index contributed by atoms with van der Waals surface area (Å²) in [5, 5.41) is 5.65. The third-order valence-electron chi connectivity index (χ3n) is 6.87. The Kier molecular flexibility index (Phi) is 6.03. The Morgan fingerprint density at radius 3 is 2.76 bits per heavy atom. The van der Waals surface area contributed by atoms with E-state index in [1.807, 2.05) is 38.1 Å². The summed E-state index contributed by atoms with van der Waals surface area (Å²) in [5.74, 6) is 0.819. The molecule has 3 aromatic heterocycles. The Hall–Kier alpha value is -3.24. The Balaban J connectivity index is 1.34. The van der Waals surface area contributed by atoms with Gasteiger partial charge in [-0.3, -0.25) is 4.79 Å². The summed E-state index contributed by atoms with van der Waals surface area (Å²) in [6.07, 6.45) is 2.72. The van der Waals surface area contributed by atoms with E-state index in [0.717, 1.165) is 39.8 Å². The maximum absolute atomic E-state index is 15.6. The summed E-state index contributed by atoms with van der Waals surface area (Å²) in [6, 6.07) is 8.19. The Bertz CT molecular complexity index is 1510. The van der Waals surface area contributed by atoms with Crippen LogP contribution in [0.1, 0.15) is 52.3 Å². The highest BCUT2D eigenvalue weighted by Crippen LogP contribution is 2.43. The number of anilines is 1. The number of ether oxygens (including phenoxy) is 1. The van der Waals surface area contributed by atoms with Crippen LogP contribution in [0.15, 0.2) is 30.3 Å². The average Bonchev–Trinajstić information content (AvgIpc) is 3.58. The van der Waals surface area contributed by atoms with E-state index in [2.05, 4.69) is 10.1 Å². The number of aryl methyl sites for hydroxylation is 1. The number of hydrogen-bond donors (Lipinski definition) is 0. The first-order valence-electron chi connectivity index (χ1n) is 12.2. The second kappa shape index (κ2) is 9.25. The summed E-state index contributed by atoms with van der Waals surface area (Å²) in [4.78, 5) is 26.9. The molecule has 1 saturated carbocycles. The van der Waals surface area contributed by atoms with Crippen molar-refractivity contribution in [1.82, 2.24) is 24.5 Å². The van der Waals surface area contributed by atoms with Crippen LogP contribution >= 0.6 is 22.9 Å². The molecule has 1 unspecified atom stereocenters. The highest BCUT2D eigenvalue weighted by atomic mass is 35.5. The van der Waals surface area contributed by atoms with Gasteiger partial charge in [-0.05, 0) is 49.4 Å². The van der Waals surface area contributed by atoms with Crippen LogP contribution in [0, 0.1) is 12.7 Å². The fraction of sp³-hybridized carbons (Fsp3) is 0.385. The number of benzene rings is 1. The minimum absolute atomic E-state index is 0.175. The third-order valence-corrected chi connectivity index (χ3v) is 7.97. The molecule has 37 heavy (non-hydrogen) atoms. The molecule has 1 atom stereocenters. The van der Waals surface area contributed by atoms with Gasteiger partial charge in [0.2, 0.25) is 4.96 Å². The molecule has 1 amide bonds. The lowest BCUT2D eigenvalue weighted by Crippen LogP contribution is -2.43. The van der Waals surface area contributed by atoms with Crippen molar-refractivity contribution in [3.05, 3.63) is 68.8 Å². The highest BCUT2D eigenvalue weighted by Gasteiger charge is 2.38. The molecule has 1 aliphatic heterocycles. The lowest BCUT2D eigenvalue weighted by atomic mass is 9.93. The van der Waals surface area contributed by atoms with Gasteiger partial charge < -0.3 is 14.5 Å². The lowest BCUT2D eigenvalue weighted by Gasteiger charge is -2.35. The van der Waals surface area contributed by atoms with Crippen LogP contribution < -0.4 is 9.64 Å². The smallest absolute Gasteiger partial charge is 0.261 e. The normalized spacial score (nSPS) is 17.2. The van der Waals surface area contributed by atoms with Crippen molar-refractivity contribution in [1.29, 1.82) is 0 Å². The molecule has 0 spiro atoms. The van der Waals surface area contributed by atoms with Crippen molar-refractivity contribution in [2.75, 3.05) is 32.1 Å². The monoisotopic (exact) mass is 540 g/mol. The molecular weight excluding hydrogens is 515 g/mol. The maximum atomic E-state index is 15.6. The van der Waals surface area contributed by atoms with Gasteiger partial charge in [0.05, 0.1) is 11.4 Å². The summed E-state index contributed by atoms with van der Waals surface area (Å²) in [7, 11) is 3.72. The minimum Gasteiger partial charge on any atom is -0.481 e. The van der Waals surface area contributed by atoms with Crippen LogP contribution in [0.25, 0.3) is 4.96 Å². The molecule has 6 rings (SSSR count). The van der Waals surface area contributed by atoms with Crippen molar-refractivity contribution in [2.24, 2.45) is 0 Å². The zero-order valence-electron chi connectivity index (χ0n) is 20.7. The molecule has 4 heterocycles. The zero-order valence-corrected chi connectivity index (χ0v) is 22.3. The van der Waals surface area contributed by atoms with Crippen LogP contribution in [-0.4, -0.2) is 57.6 Å². The van der Waals surface area contributed by atoms with E-state index in [9.17, 15) is 4.79 Å². The number of carbonyl (C=O) groups is 1. The van der Waals surface area contributed by atoms with Crippen LogP contribution in [0.5, 0.6) is 5.75 Å². The van der Waals surface area contributed by atoms with Gasteiger partial charge in [0.1, 0.15) is 22.7 Å². The van der Waals surface area contributed by atoms with Crippen LogP contribution in [0.4, 0.5) is 10.2 Å². The molecule has 4 aromatic rings. The van der Waals surface area contributed by atoms with Gasteiger partial charge in [0.25, 0.3) is 5.91 Å². The number of fused-ring (bicyclic) bond motifs is 3. The van der Waals surface area contributed by atoms with Crippen LogP contribution in [0.3, 0.4) is 0 Å². The number of halogens is 2. The fourth-order valence-corrected chi connectivity index (χ4v) is 5.85. The Morgan fingerprint density at radius 2 is 2.05 bits per heavy atom. The topological polar surface area (TPSA) is 75.9 Å². The second-order valence-corrected chi connectivity index (χ2v) is 11.2. The van der Waals surface area contributed by atoms with Crippen LogP contribution in [-0.2, 0) is 11.2 Å². The van der Waals surface area contributed by atoms with Gasteiger partial charge in [-0.25, -0.2) is 18.9 Å². The van der Waals surface area contributed by atoms with Crippen molar-refractivity contribution in [3.8, 4) is 5.75 Å². The van der Waals surface area contributed by atoms with E-state index in [1.54, 1.807) is 27.6 Å². The van der Waals surface area contributed by atoms with Crippen molar-refractivity contribution in [3.63, 3.8) is 0 Å². The van der Waals surface area contributed by atoms with E-state index in [0.29, 0.717) is 36.0 Å². The molecule has 0 N–H and O–H groups in total. The molecule has 1 fully saturated rings. The third kappa shape index (κ3) is 4.42. The first-order chi connectivity index (χ1) is 17.8. The maximum Gasteiger partial charge on any atom is 0.261 e. The predicted molar refractivity (Wildman–Crippen MR) is 140 cm³/mol. The number of rotatable bonds is 6. The standard InChI is InChI=1S/C26H26ClFN6O2S/c1-14-31-34-24-19(29-26(34)37-14)10-11-33(23(24)17-7-6-16(12-18(17)28)15-4-5-15)22(35)13-36-20-8-9-21(32(2)3)30-25(20)27/h6-9,12,15,23H,4-5,10-11,13H2,1-3H3. The number of amides is 1. The van der Waals surface area contributed by atoms with E-state index >= 15 is 4.39 Å². The van der Waals surface area contributed by atoms with Gasteiger partial charge in [-0.1, -0.05) is 35.1 Å². The number of aromatic nitrogens is 4. The van der Waals surface area contributed by atoms with E-state index in [-0.39, 0.29) is 23.5 Å². The summed E-state index contributed by atoms with van der Waals surface area (Å²) in [6.45, 7) is 2.04. The molecular formula is C26H26ClFN6O2S. The molecule has 11 heteroatoms. The van der Waals surface area contributed by atoms with Gasteiger partial charge in [-0.15, -0.1) is 0 Å². The van der Waals surface area contributed by atoms with Gasteiger partial charge in [0.15, 0.2) is 17.5 Å². The minimum atomic E-state index is -0.672. The van der Waals surface area contributed by atoms with E-state index in [1.165, 1.54) is 11.3 Å². The molecule has 1 aromatic carbocycles. The van der Waals surface area contributed by atoms with Gasteiger partial charge >= 0.3 is 0 Å². The molecule has 1 aliphatic carbocycles. The lowest BCUT2D eigenvalue weighted by molar-refractivity contribution is -0.135. The van der Waals surface area contributed by atoms with E-state index < -0.39 is 6.04 Å². The molecule has 0 bridgehead atoms. The van der Waals surface area contributed by atoms with Crippen LogP contribution in [0.2, 0.25) is 5.15 Å². The second-order valence-electron chi connectivity index (χ2n) is 9.70. The molecule has 192 valence electrons. The van der Waals surface area contributed by atoms with Crippen molar-refractivity contribution < 1.29 is 13.9 Å². The molecule has 8 nitrogen and oxygen atoms in total. The first-order valence-corrected chi connectivity index (χ1v) is 13.4. The highest BCUT2D eigenvalue weighted by molar-refractivity contribution is 7.16. The molecule has 0 radical (unpaired) electrons. The number of nitrogens with zero attached hydrogens (tertiary/aromatic N) is 6. The fourth-order valence-electron chi connectivity index (χ4n) is 4.87. The number of pyridine rings is 1. The first kappa shape index (κ1) is 24.1.